The number of amides is 1. The Hall–Kier alpha value is -2.29. The van der Waals surface area contributed by atoms with Gasteiger partial charge in [0, 0.05) is 23.8 Å². The van der Waals surface area contributed by atoms with Crippen LogP contribution in [0.3, 0.4) is 0 Å². The number of ether oxygens (including phenoxy) is 1. The van der Waals surface area contributed by atoms with Gasteiger partial charge < -0.3 is 19.4 Å². The van der Waals surface area contributed by atoms with Gasteiger partial charge in [-0.3, -0.25) is 4.79 Å². The monoisotopic (exact) mass is 488 g/mol. The van der Waals surface area contributed by atoms with Crippen LogP contribution < -0.4 is 0 Å². The summed E-state index contributed by atoms with van der Waals surface area (Å²) in [7, 11) is 5.36. The Morgan fingerprint density at radius 2 is 1.97 bits per heavy atom. The Labute approximate surface area is 204 Å². The number of rotatable bonds is 5. The van der Waals surface area contributed by atoms with Crippen LogP contribution in [0.2, 0.25) is 5.02 Å². The second-order valence-corrected chi connectivity index (χ2v) is 9.87. The third-order valence-electron chi connectivity index (χ3n) is 6.57. The third-order valence-corrected chi connectivity index (χ3v) is 7.80. The number of nitrogens with zero attached hydrogens (tertiary/aromatic N) is 4. The van der Waals surface area contributed by atoms with Crippen LogP contribution in [-0.2, 0) is 14.3 Å². The van der Waals surface area contributed by atoms with Gasteiger partial charge in [-0.15, -0.1) is 0 Å². The first-order chi connectivity index (χ1) is 15.8. The van der Waals surface area contributed by atoms with Gasteiger partial charge in [-0.1, -0.05) is 41.6 Å². The van der Waals surface area contributed by atoms with Crippen LogP contribution in [0.1, 0.15) is 37.8 Å². The van der Waals surface area contributed by atoms with E-state index in [4.69, 9.17) is 16.3 Å². The normalized spacial score (nSPS) is 21.5. The summed E-state index contributed by atoms with van der Waals surface area (Å²) in [5.41, 5.74) is 2.60. The van der Waals surface area contributed by atoms with Gasteiger partial charge in [0.15, 0.2) is 5.17 Å². The molecule has 176 valence electrons. The molecule has 1 aromatic carbocycles. The summed E-state index contributed by atoms with van der Waals surface area (Å²) in [5, 5.41) is 3.23. The summed E-state index contributed by atoms with van der Waals surface area (Å²) in [4.78, 5) is 36.9. The van der Waals surface area contributed by atoms with Crippen molar-refractivity contribution in [2.45, 2.75) is 38.3 Å². The lowest BCUT2D eigenvalue weighted by Crippen LogP contribution is -2.45. The van der Waals surface area contributed by atoms with Gasteiger partial charge in [0.05, 0.1) is 30.8 Å². The van der Waals surface area contributed by atoms with Crippen molar-refractivity contribution in [1.29, 1.82) is 0 Å². The zero-order chi connectivity index (χ0) is 23.7. The minimum atomic E-state index is -0.513. The quantitative estimate of drug-likeness (QED) is 0.583. The Bertz CT molecular complexity index is 1050. The molecule has 1 aromatic rings. The van der Waals surface area contributed by atoms with Crippen molar-refractivity contribution in [1.82, 2.24) is 14.7 Å². The average Bonchev–Trinajstić information content (AvgIpc) is 3.20. The van der Waals surface area contributed by atoms with Crippen molar-refractivity contribution in [2.75, 3.05) is 34.3 Å². The fourth-order valence-electron chi connectivity index (χ4n) is 4.60. The van der Waals surface area contributed by atoms with E-state index in [0.29, 0.717) is 16.3 Å². The number of piperidine rings is 1. The van der Waals surface area contributed by atoms with Crippen LogP contribution in [0.15, 0.2) is 51.6 Å². The van der Waals surface area contributed by atoms with Crippen molar-refractivity contribution in [2.24, 2.45) is 4.99 Å². The molecule has 0 aliphatic carbocycles. The van der Waals surface area contributed by atoms with Crippen LogP contribution in [0, 0.1) is 0 Å². The van der Waals surface area contributed by atoms with Crippen molar-refractivity contribution in [3.63, 3.8) is 0 Å². The number of esters is 1. The van der Waals surface area contributed by atoms with Crippen LogP contribution in [-0.4, -0.2) is 72.1 Å². The maximum Gasteiger partial charge on any atom is 0.338 e. The molecule has 1 saturated heterocycles. The highest BCUT2D eigenvalue weighted by molar-refractivity contribution is 8.16. The fourth-order valence-corrected chi connectivity index (χ4v) is 5.80. The SMILES string of the molecule is COC(=O)C1=C(C)N=C2SC=C(CC(=O)N(C)C3CCN(C)CC3)N2[C@H]1c1ccccc1Cl. The highest BCUT2D eigenvalue weighted by atomic mass is 35.5. The molecule has 3 aliphatic rings. The Kier molecular flexibility index (Phi) is 7.16. The average molecular weight is 489 g/mol. The van der Waals surface area contributed by atoms with Crippen LogP contribution in [0.4, 0.5) is 0 Å². The van der Waals surface area contributed by atoms with Gasteiger partial charge in [-0.2, -0.15) is 0 Å². The Morgan fingerprint density at radius 3 is 2.64 bits per heavy atom. The number of thioether (sulfide) groups is 1. The first kappa shape index (κ1) is 23.9. The Morgan fingerprint density at radius 1 is 1.27 bits per heavy atom. The molecular weight excluding hydrogens is 460 g/mol. The molecule has 1 atom stereocenters. The largest absolute Gasteiger partial charge is 0.466 e. The van der Waals surface area contributed by atoms with Gasteiger partial charge in [0.25, 0.3) is 0 Å². The number of amidine groups is 1. The molecule has 7 nitrogen and oxygen atoms in total. The smallest absolute Gasteiger partial charge is 0.338 e. The maximum atomic E-state index is 13.3. The van der Waals surface area contributed by atoms with Gasteiger partial charge in [-0.25, -0.2) is 9.79 Å². The highest BCUT2D eigenvalue weighted by Gasteiger charge is 2.42. The van der Waals surface area contributed by atoms with E-state index < -0.39 is 12.0 Å². The van der Waals surface area contributed by atoms with Crippen LogP contribution in [0.5, 0.6) is 0 Å². The zero-order valence-corrected chi connectivity index (χ0v) is 20.9. The first-order valence-corrected chi connectivity index (χ1v) is 12.3. The van der Waals surface area contributed by atoms with Gasteiger partial charge in [0.2, 0.25) is 5.91 Å². The summed E-state index contributed by atoms with van der Waals surface area (Å²) in [6.07, 6.45) is 2.17. The number of likely N-dealkylation sites (tertiary alicyclic amines) is 1. The molecule has 3 aliphatic heterocycles. The molecule has 33 heavy (non-hydrogen) atoms. The van der Waals surface area contributed by atoms with Crippen molar-refractivity contribution in [3.05, 3.63) is 57.2 Å². The van der Waals surface area contributed by atoms with Gasteiger partial charge in [-0.05, 0) is 56.9 Å². The molecule has 1 amide bonds. The number of methoxy groups -OCH3 is 1. The van der Waals surface area contributed by atoms with Crippen molar-refractivity contribution >= 4 is 40.4 Å². The molecule has 3 heterocycles. The summed E-state index contributed by atoms with van der Waals surface area (Å²) in [6, 6.07) is 7.18. The number of allylic oxidation sites excluding steroid dienone is 1. The molecule has 0 bridgehead atoms. The van der Waals surface area contributed by atoms with Crippen molar-refractivity contribution in [3.8, 4) is 0 Å². The summed E-state index contributed by atoms with van der Waals surface area (Å²) in [5.74, 6) is -0.396. The van der Waals surface area contributed by atoms with E-state index in [1.165, 1.54) is 18.9 Å². The lowest BCUT2D eigenvalue weighted by Gasteiger charge is -2.38. The topological polar surface area (TPSA) is 65.5 Å². The molecule has 0 aromatic heterocycles. The third kappa shape index (κ3) is 4.69. The Balaban J connectivity index is 1.63. The number of halogens is 1. The second-order valence-electron chi connectivity index (χ2n) is 8.62. The first-order valence-electron chi connectivity index (χ1n) is 11.0. The zero-order valence-electron chi connectivity index (χ0n) is 19.4. The number of hydrogen-bond donors (Lipinski definition) is 0. The summed E-state index contributed by atoms with van der Waals surface area (Å²) < 4.78 is 5.10. The predicted octanol–water partition coefficient (Wildman–Crippen LogP) is 4.03. The van der Waals surface area contributed by atoms with Crippen LogP contribution >= 0.6 is 23.4 Å². The lowest BCUT2D eigenvalue weighted by molar-refractivity contribution is -0.136. The van der Waals surface area contributed by atoms with Crippen molar-refractivity contribution < 1.29 is 14.3 Å². The minimum absolute atomic E-state index is 0.0569. The fraction of sp³-hybridized carbons (Fsp3) is 0.458. The minimum Gasteiger partial charge on any atom is -0.466 e. The van der Waals surface area contributed by atoms with E-state index in [1.807, 2.05) is 40.5 Å². The van der Waals surface area contributed by atoms with Crippen LogP contribution in [0.25, 0.3) is 0 Å². The van der Waals surface area contributed by atoms with E-state index in [0.717, 1.165) is 42.4 Å². The predicted molar refractivity (Wildman–Crippen MR) is 132 cm³/mol. The molecule has 1 fully saturated rings. The maximum absolute atomic E-state index is 13.3. The molecule has 9 heteroatoms. The molecular formula is C24H29ClN4O3S. The van der Waals surface area contributed by atoms with E-state index >= 15 is 0 Å². The van der Waals surface area contributed by atoms with E-state index in [1.54, 1.807) is 13.0 Å². The number of carbonyl (C=O) groups excluding carboxylic acids is 2. The molecule has 0 N–H and O–H groups in total. The number of hydrogen-bond acceptors (Lipinski definition) is 7. The van der Waals surface area contributed by atoms with E-state index in [9.17, 15) is 9.59 Å². The molecule has 0 spiro atoms. The highest BCUT2D eigenvalue weighted by Crippen LogP contribution is 2.46. The second kappa shape index (κ2) is 9.91. The molecule has 0 radical (unpaired) electrons. The van der Waals surface area contributed by atoms with Gasteiger partial charge >= 0.3 is 5.97 Å². The summed E-state index contributed by atoms with van der Waals surface area (Å²) in [6.45, 7) is 3.79. The lowest BCUT2D eigenvalue weighted by atomic mass is 9.93. The van der Waals surface area contributed by atoms with E-state index in [2.05, 4.69) is 16.9 Å². The summed E-state index contributed by atoms with van der Waals surface area (Å²) >= 11 is 8.04. The number of fused-ring (bicyclic) bond motifs is 1. The van der Waals surface area contributed by atoms with Gasteiger partial charge in [0.1, 0.15) is 0 Å². The molecule has 0 saturated carbocycles. The number of benzene rings is 1. The number of aliphatic imine (C=N–C) groups is 1. The standard InChI is InChI=1S/C24H29ClN4O3S/c1-15-21(23(31)32-4)22(18-7-5-6-8-19(18)25)29-17(14-33-24(29)26-15)13-20(30)28(3)16-9-11-27(2)12-10-16/h5-8,14,16,22H,9-13H2,1-4H3/t22-/m0/s1. The number of carbonyl (C=O) groups is 2. The molecule has 4 rings (SSSR count). The van der Waals surface area contributed by atoms with E-state index in [-0.39, 0.29) is 18.4 Å². The molecule has 0 unspecified atom stereocenters.